The van der Waals surface area contributed by atoms with E-state index in [1.54, 1.807) is 18.2 Å². The van der Waals surface area contributed by atoms with Crippen molar-refractivity contribution in [2.24, 2.45) is 0 Å². The Morgan fingerprint density at radius 2 is 2.05 bits per heavy atom. The summed E-state index contributed by atoms with van der Waals surface area (Å²) in [5, 5.41) is 7.21. The molecule has 6 nitrogen and oxygen atoms in total. The van der Waals surface area contributed by atoms with E-state index < -0.39 is 5.91 Å². The van der Waals surface area contributed by atoms with Crippen molar-refractivity contribution in [3.05, 3.63) is 51.4 Å². The first-order valence-corrected chi connectivity index (χ1v) is 7.05. The SMILES string of the molecule is COc1ccc(Cl)cc1NC(=O)c1ccc(=O)n(C(C)C)n1. The Morgan fingerprint density at radius 1 is 1.32 bits per heavy atom. The molecule has 116 valence electrons. The average molecular weight is 322 g/mol. The van der Waals surface area contributed by atoms with Crippen LogP contribution in [-0.4, -0.2) is 22.8 Å². The molecule has 7 heteroatoms. The maximum Gasteiger partial charge on any atom is 0.276 e. The minimum absolute atomic E-state index is 0.135. The first-order chi connectivity index (χ1) is 10.4. The number of methoxy groups -OCH3 is 1. The van der Waals surface area contributed by atoms with Gasteiger partial charge in [-0.3, -0.25) is 9.59 Å². The lowest BCUT2D eigenvalue weighted by Crippen LogP contribution is -2.27. The maximum absolute atomic E-state index is 12.3. The molecule has 1 aromatic heterocycles. The first-order valence-electron chi connectivity index (χ1n) is 6.67. The van der Waals surface area contributed by atoms with Crippen molar-refractivity contribution < 1.29 is 9.53 Å². The predicted molar refractivity (Wildman–Crippen MR) is 84.8 cm³/mol. The summed E-state index contributed by atoms with van der Waals surface area (Å²) >= 11 is 5.92. The summed E-state index contributed by atoms with van der Waals surface area (Å²) in [6, 6.07) is 7.45. The molecule has 0 fully saturated rings. The number of aromatic nitrogens is 2. The van der Waals surface area contributed by atoms with Gasteiger partial charge >= 0.3 is 0 Å². The molecule has 0 unspecified atom stereocenters. The number of hydrogen-bond donors (Lipinski definition) is 1. The number of hydrogen-bond acceptors (Lipinski definition) is 4. The Kier molecular flexibility index (Phi) is 4.82. The average Bonchev–Trinajstić information content (AvgIpc) is 2.47. The van der Waals surface area contributed by atoms with Gasteiger partial charge in [-0.1, -0.05) is 11.6 Å². The quantitative estimate of drug-likeness (QED) is 0.939. The Bertz CT molecular complexity index is 756. The van der Waals surface area contributed by atoms with Gasteiger partial charge in [-0.2, -0.15) is 5.10 Å². The van der Waals surface area contributed by atoms with Gasteiger partial charge in [0.05, 0.1) is 18.8 Å². The van der Waals surface area contributed by atoms with E-state index >= 15 is 0 Å². The van der Waals surface area contributed by atoms with Gasteiger partial charge < -0.3 is 10.1 Å². The third kappa shape index (κ3) is 3.46. The zero-order chi connectivity index (χ0) is 16.3. The summed E-state index contributed by atoms with van der Waals surface area (Å²) in [7, 11) is 1.50. The van der Waals surface area contributed by atoms with Crippen LogP contribution in [0.5, 0.6) is 5.75 Å². The number of rotatable bonds is 4. The smallest absolute Gasteiger partial charge is 0.276 e. The highest BCUT2D eigenvalue weighted by Gasteiger charge is 2.14. The van der Waals surface area contributed by atoms with Crippen molar-refractivity contribution in [2.45, 2.75) is 19.9 Å². The summed E-state index contributed by atoms with van der Waals surface area (Å²) in [6.07, 6.45) is 0. The molecule has 2 rings (SSSR count). The molecule has 0 spiro atoms. The number of nitrogens with zero attached hydrogens (tertiary/aromatic N) is 2. The highest BCUT2D eigenvalue weighted by molar-refractivity contribution is 6.31. The minimum Gasteiger partial charge on any atom is -0.495 e. The van der Waals surface area contributed by atoms with Crippen molar-refractivity contribution in [2.75, 3.05) is 12.4 Å². The molecular weight excluding hydrogens is 306 g/mol. The molecule has 0 atom stereocenters. The van der Waals surface area contributed by atoms with Gasteiger partial charge in [0, 0.05) is 11.1 Å². The van der Waals surface area contributed by atoms with Crippen LogP contribution >= 0.6 is 11.6 Å². The second-order valence-electron chi connectivity index (χ2n) is 4.89. The third-order valence-corrected chi connectivity index (χ3v) is 3.19. The molecule has 1 heterocycles. The van der Waals surface area contributed by atoms with Gasteiger partial charge in [0.15, 0.2) is 0 Å². The molecule has 2 aromatic rings. The number of amides is 1. The second-order valence-corrected chi connectivity index (χ2v) is 5.33. The number of carbonyl (C=O) groups is 1. The summed E-state index contributed by atoms with van der Waals surface area (Å²) in [5.41, 5.74) is 0.311. The number of nitrogens with one attached hydrogen (secondary N) is 1. The van der Waals surface area contributed by atoms with E-state index in [1.165, 1.54) is 23.9 Å². The molecule has 0 aliphatic heterocycles. The normalized spacial score (nSPS) is 10.6. The Labute approximate surface area is 132 Å². The van der Waals surface area contributed by atoms with Crippen LogP contribution in [0.3, 0.4) is 0 Å². The van der Waals surface area contributed by atoms with Crippen LogP contribution in [0.15, 0.2) is 35.1 Å². The van der Waals surface area contributed by atoms with Crippen molar-refractivity contribution in [1.82, 2.24) is 9.78 Å². The van der Waals surface area contributed by atoms with E-state index in [4.69, 9.17) is 16.3 Å². The third-order valence-electron chi connectivity index (χ3n) is 2.96. The van der Waals surface area contributed by atoms with E-state index in [2.05, 4.69) is 10.4 Å². The van der Waals surface area contributed by atoms with E-state index in [1.807, 2.05) is 13.8 Å². The Hall–Kier alpha value is -2.34. The van der Waals surface area contributed by atoms with Gasteiger partial charge in [-0.15, -0.1) is 0 Å². The van der Waals surface area contributed by atoms with E-state index in [0.29, 0.717) is 16.5 Å². The first kappa shape index (κ1) is 16.0. The summed E-state index contributed by atoms with van der Waals surface area (Å²) in [5.74, 6) is 0.0323. The molecule has 0 radical (unpaired) electrons. The number of anilines is 1. The number of halogens is 1. The standard InChI is InChI=1S/C15H16ClN3O3/c1-9(2)19-14(20)7-5-11(18-19)15(21)17-12-8-10(16)4-6-13(12)22-3/h4-9H,1-3H3,(H,17,21). The van der Waals surface area contributed by atoms with E-state index in [9.17, 15) is 9.59 Å². The number of benzene rings is 1. The van der Waals surface area contributed by atoms with Gasteiger partial charge in [0.25, 0.3) is 11.5 Å². The second kappa shape index (κ2) is 6.62. The molecule has 0 saturated carbocycles. The van der Waals surface area contributed by atoms with Crippen LogP contribution in [0.25, 0.3) is 0 Å². The summed E-state index contributed by atoms with van der Waals surface area (Å²) < 4.78 is 6.42. The van der Waals surface area contributed by atoms with Crippen LogP contribution in [0.1, 0.15) is 30.4 Å². The van der Waals surface area contributed by atoms with Crippen LogP contribution in [0.2, 0.25) is 5.02 Å². The molecule has 0 aliphatic carbocycles. The molecule has 1 N–H and O–H groups in total. The van der Waals surface area contributed by atoms with Crippen molar-refractivity contribution in [3.63, 3.8) is 0 Å². The van der Waals surface area contributed by atoms with Gasteiger partial charge in [-0.25, -0.2) is 4.68 Å². The maximum atomic E-state index is 12.3. The number of carbonyl (C=O) groups excluding carboxylic acids is 1. The molecular formula is C15H16ClN3O3. The van der Waals surface area contributed by atoms with Crippen LogP contribution in [0, 0.1) is 0 Å². The molecule has 1 amide bonds. The minimum atomic E-state index is -0.449. The fourth-order valence-corrected chi connectivity index (χ4v) is 2.05. The topological polar surface area (TPSA) is 73.2 Å². The van der Waals surface area contributed by atoms with Crippen LogP contribution in [-0.2, 0) is 0 Å². The lowest BCUT2D eigenvalue weighted by Gasteiger charge is -2.12. The summed E-state index contributed by atoms with van der Waals surface area (Å²) in [4.78, 5) is 24.0. The molecule has 0 bridgehead atoms. The molecule has 22 heavy (non-hydrogen) atoms. The van der Waals surface area contributed by atoms with Crippen molar-refractivity contribution in [3.8, 4) is 5.75 Å². The highest BCUT2D eigenvalue weighted by atomic mass is 35.5. The monoisotopic (exact) mass is 321 g/mol. The largest absolute Gasteiger partial charge is 0.495 e. The molecule has 0 saturated heterocycles. The Morgan fingerprint density at radius 3 is 2.68 bits per heavy atom. The van der Waals surface area contributed by atoms with Crippen molar-refractivity contribution >= 4 is 23.2 Å². The Balaban J connectivity index is 2.32. The zero-order valence-electron chi connectivity index (χ0n) is 12.5. The lowest BCUT2D eigenvalue weighted by molar-refractivity contribution is 0.101. The summed E-state index contributed by atoms with van der Waals surface area (Å²) in [6.45, 7) is 3.63. The molecule has 0 aliphatic rings. The number of ether oxygens (including phenoxy) is 1. The van der Waals surface area contributed by atoms with Crippen LogP contribution < -0.4 is 15.6 Å². The van der Waals surface area contributed by atoms with Crippen LogP contribution in [0.4, 0.5) is 5.69 Å². The fraction of sp³-hybridized carbons (Fsp3) is 0.267. The van der Waals surface area contributed by atoms with Gasteiger partial charge in [0.1, 0.15) is 11.4 Å². The lowest BCUT2D eigenvalue weighted by atomic mass is 10.2. The van der Waals surface area contributed by atoms with E-state index in [-0.39, 0.29) is 17.3 Å². The van der Waals surface area contributed by atoms with Gasteiger partial charge in [-0.05, 0) is 38.1 Å². The zero-order valence-corrected chi connectivity index (χ0v) is 13.2. The van der Waals surface area contributed by atoms with E-state index in [0.717, 1.165) is 0 Å². The molecule has 1 aromatic carbocycles. The van der Waals surface area contributed by atoms with Crippen molar-refractivity contribution in [1.29, 1.82) is 0 Å². The van der Waals surface area contributed by atoms with Gasteiger partial charge in [0.2, 0.25) is 0 Å². The predicted octanol–water partition coefficient (Wildman–Crippen LogP) is 2.74. The fourth-order valence-electron chi connectivity index (χ4n) is 1.88. The highest BCUT2D eigenvalue weighted by Crippen LogP contribution is 2.27.